The topological polar surface area (TPSA) is 107 Å². The molecule has 14 heteroatoms. The van der Waals surface area contributed by atoms with Crippen molar-refractivity contribution in [3.8, 4) is 39.5 Å². The molecule has 1 aliphatic rings. The van der Waals surface area contributed by atoms with Crippen LogP contribution in [0.15, 0.2) is 60.8 Å². The number of amides is 2. The zero-order chi connectivity index (χ0) is 34.7. The van der Waals surface area contributed by atoms with E-state index in [1.165, 1.54) is 18.5 Å². The highest BCUT2D eigenvalue weighted by molar-refractivity contribution is 7.17. The van der Waals surface area contributed by atoms with Gasteiger partial charge in [-0.25, -0.2) is 23.1 Å². The van der Waals surface area contributed by atoms with Gasteiger partial charge in [-0.05, 0) is 38.1 Å². The maximum atomic E-state index is 16.2. The summed E-state index contributed by atoms with van der Waals surface area (Å²) in [4.78, 5) is 36.1. The molecule has 2 amide bonds. The lowest BCUT2D eigenvalue weighted by atomic mass is 9.94. The van der Waals surface area contributed by atoms with Crippen LogP contribution in [0.5, 0.6) is 5.75 Å². The van der Waals surface area contributed by atoms with Gasteiger partial charge in [0.05, 0.1) is 51.1 Å². The fourth-order valence-electron chi connectivity index (χ4n) is 6.38. The van der Waals surface area contributed by atoms with Crippen molar-refractivity contribution in [2.24, 2.45) is 7.05 Å². The van der Waals surface area contributed by atoms with Gasteiger partial charge in [0, 0.05) is 54.7 Å². The van der Waals surface area contributed by atoms with Crippen LogP contribution in [-0.2, 0) is 16.6 Å². The van der Waals surface area contributed by atoms with Gasteiger partial charge in [0.15, 0.2) is 6.61 Å². The highest BCUT2D eigenvalue weighted by Gasteiger charge is 2.34. The van der Waals surface area contributed by atoms with Gasteiger partial charge >= 0.3 is 0 Å². The van der Waals surface area contributed by atoms with Gasteiger partial charge in [-0.15, -0.1) is 11.3 Å². The number of aryl methyl sites for hydroxylation is 1. The maximum absolute atomic E-state index is 16.2. The number of nitrogens with one attached hydrogen (secondary N) is 1. The summed E-state index contributed by atoms with van der Waals surface area (Å²) < 4.78 is 56.7. The van der Waals surface area contributed by atoms with E-state index in [-0.39, 0.29) is 45.6 Å². The van der Waals surface area contributed by atoms with Crippen molar-refractivity contribution < 1.29 is 27.5 Å². The number of halogens is 3. The van der Waals surface area contributed by atoms with Gasteiger partial charge in [0.25, 0.3) is 5.91 Å². The molecule has 0 aliphatic carbocycles. The number of likely N-dealkylation sites (N-methyl/N-ethyl adjacent to an activating group) is 1. The molecule has 5 heterocycles. The summed E-state index contributed by atoms with van der Waals surface area (Å²) in [6.07, 6.45) is 2.94. The molecule has 7 rings (SSSR count). The van der Waals surface area contributed by atoms with Gasteiger partial charge in [-0.2, -0.15) is 5.10 Å². The Hall–Kier alpha value is -5.50. The molecule has 0 unspecified atom stereocenters. The minimum absolute atomic E-state index is 0.0180. The highest BCUT2D eigenvalue weighted by Crippen LogP contribution is 2.48. The van der Waals surface area contributed by atoms with Crippen LogP contribution in [0.2, 0.25) is 0 Å². The second kappa shape index (κ2) is 12.2. The van der Waals surface area contributed by atoms with E-state index in [0.717, 1.165) is 22.9 Å². The fourth-order valence-corrected chi connectivity index (χ4v) is 7.31. The van der Waals surface area contributed by atoms with Crippen LogP contribution in [0.1, 0.15) is 31.6 Å². The van der Waals surface area contributed by atoms with E-state index in [1.807, 2.05) is 43.7 Å². The summed E-state index contributed by atoms with van der Waals surface area (Å²) in [7, 11) is 3.28. The smallest absolute Gasteiger partial charge is 0.257 e. The molecule has 0 saturated heterocycles. The monoisotopic (exact) mass is 685 g/mol. The molecule has 0 fully saturated rings. The number of benzene rings is 2. The molecule has 0 bridgehead atoms. The molecule has 2 atom stereocenters. The summed E-state index contributed by atoms with van der Waals surface area (Å²) in [5.41, 5.74) is 3.35. The Morgan fingerprint density at radius 3 is 2.65 bits per heavy atom. The van der Waals surface area contributed by atoms with Crippen molar-refractivity contribution in [1.82, 2.24) is 34.5 Å². The van der Waals surface area contributed by atoms with E-state index >= 15 is 8.78 Å². The van der Waals surface area contributed by atoms with Crippen molar-refractivity contribution in [2.45, 2.75) is 25.9 Å². The van der Waals surface area contributed by atoms with E-state index in [0.29, 0.717) is 39.8 Å². The third-order valence-corrected chi connectivity index (χ3v) is 9.77. The number of hydrogen-bond acceptors (Lipinski definition) is 7. The molecule has 250 valence electrons. The Labute approximate surface area is 282 Å². The van der Waals surface area contributed by atoms with Gasteiger partial charge < -0.3 is 19.5 Å². The van der Waals surface area contributed by atoms with E-state index in [2.05, 4.69) is 16.9 Å². The molecule has 49 heavy (non-hydrogen) atoms. The number of thiophene rings is 1. The van der Waals surface area contributed by atoms with E-state index in [9.17, 15) is 14.0 Å². The first-order chi connectivity index (χ1) is 23.5. The lowest BCUT2D eigenvalue weighted by Gasteiger charge is -2.36. The molecule has 6 aromatic rings. The van der Waals surface area contributed by atoms with E-state index in [4.69, 9.17) is 14.8 Å². The number of carbonyl (C=O) groups is 2. The van der Waals surface area contributed by atoms with Crippen molar-refractivity contribution in [1.29, 1.82) is 0 Å². The predicted octanol–water partition coefficient (Wildman–Crippen LogP) is 6.57. The molecule has 0 saturated carbocycles. The standard InChI is InChI=1S/C35H30F3N7O3S/c1-6-29(47)44-13-17(2)45-26(18(44)3)12-24(42-45)34-32(30-21(37)10-20(36)11-27(30)48-14-28(46)39-4)31-22(38)15-49-35(31)33(41-34)19-7-8-25-23(9-19)40-16-43(25)5/h6-12,15-18H,1,13-14H2,2-5H3,(H,39,46)/t17-,18+/m0/s1. The zero-order valence-electron chi connectivity index (χ0n) is 26.9. The SMILES string of the molecule is C=CC(=O)N1C[C@H](C)n2nc(-c3nc(-c4ccc5c(c4)ncn5C)c4scc(F)c4c3-c3c(F)cc(F)cc3OCC(=O)NC)cc2[C@H]1C. The molecule has 2 aromatic carbocycles. The number of carbonyl (C=O) groups excluding carboxylic acids is 2. The number of pyridine rings is 1. The van der Waals surface area contributed by atoms with E-state index in [1.54, 1.807) is 22.0 Å². The molecule has 0 spiro atoms. The Balaban J connectivity index is 1.55. The molecule has 1 aliphatic heterocycles. The fraction of sp³-hybridized carbons (Fsp3) is 0.229. The summed E-state index contributed by atoms with van der Waals surface area (Å²) in [6.45, 7) is 7.21. The largest absolute Gasteiger partial charge is 0.483 e. The molecule has 0 radical (unpaired) electrons. The molecular weight excluding hydrogens is 655 g/mol. The average Bonchev–Trinajstić information content (AvgIpc) is 3.81. The second-order valence-electron chi connectivity index (χ2n) is 11.9. The van der Waals surface area contributed by atoms with Crippen LogP contribution in [0.25, 0.3) is 54.9 Å². The van der Waals surface area contributed by atoms with Crippen LogP contribution >= 0.6 is 11.3 Å². The number of fused-ring (bicyclic) bond motifs is 3. The van der Waals surface area contributed by atoms with Crippen LogP contribution in [-0.4, -0.2) is 61.2 Å². The van der Waals surface area contributed by atoms with Crippen LogP contribution in [0, 0.1) is 17.5 Å². The second-order valence-corrected chi connectivity index (χ2v) is 12.8. The quantitative estimate of drug-likeness (QED) is 0.191. The maximum Gasteiger partial charge on any atom is 0.257 e. The first kappa shape index (κ1) is 32.1. The number of aromatic nitrogens is 5. The van der Waals surface area contributed by atoms with Crippen molar-refractivity contribution >= 4 is 44.3 Å². The zero-order valence-corrected chi connectivity index (χ0v) is 27.7. The third-order valence-electron chi connectivity index (χ3n) is 8.82. The summed E-state index contributed by atoms with van der Waals surface area (Å²) >= 11 is 1.09. The van der Waals surface area contributed by atoms with Crippen molar-refractivity contribution in [2.75, 3.05) is 20.2 Å². The van der Waals surface area contributed by atoms with E-state index < -0.39 is 36.0 Å². The highest BCUT2D eigenvalue weighted by atomic mass is 32.1. The van der Waals surface area contributed by atoms with Gasteiger partial charge in [0.2, 0.25) is 5.91 Å². The normalized spacial score (nSPS) is 15.9. The summed E-state index contributed by atoms with van der Waals surface area (Å²) in [6, 6.07) is 8.28. The minimum atomic E-state index is -1.04. The van der Waals surface area contributed by atoms with Gasteiger partial charge in [0.1, 0.15) is 34.6 Å². The first-order valence-electron chi connectivity index (χ1n) is 15.4. The number of ether oxygens (including phenoxy) is 1. The Bertz CT molecular complexity index is 2330. The van der Waals surface area contributed by atoms with Gasteiger partial charge in [-0.3, -0.25) is 14.3 Å². The van der Waals surface area contributed by atoms with Gasteiger partial charge in [-0.1, -0.05) is 12.6 Å². The molecule has 10 nitrogen and oxygen atoms in total. The number of nitrogens with zero attached hydrogens (tertiary/aromatic N) is 6. The minimum Gasteiger partial charge on any atom is -0.483 e. The van der Waals surface area contributed by atoms with Crippen molar-refractivity contribution in [3.63, 3.8) is 0 Å². The Morgan fingerprint density at radius 2 is 1.90 bits per heavy atom. The average molecular weight is 686 g/mol. The number of hydrogen-bond donors (Lipinski definition) is 1. The molecular formula is C35H30F3N7O3S. The lowest BCUT2D eigenvalue weighted by molar-refractivity contribution is -0.129. The summed E-state index contributed by atoms with van der Waals surface area (Å²) in [5, 5.41) is 8.62. The van der Waals surface area contributed by atoms with Crippen LogP contribution < -0.4 is 10.1 Å². The van der Waals surface area contributed by atoms with Crippen LogP contribution in [0.4, 0.5) is 13.2 Å². The molecule has 4 aromatic heterocycles. The molecule has 1 N–H and O–H groups in total. The first-order valence-corrected chi connectivity index (χ1v) is 16.3. The Kier molecular flexibility index (Phi) is 7.98. The number of imidazole rings is 1. The Morgan fingerprint density at radius 1 is 1.10 bits per heavy atom. The third kappa shape index (κ3) is 5.32. The summed E-state index contributed by atoms with van der Waals surface area (Å²) in [5.74, 6) is -3.74. The van der Waals surface area contributed by atoms with Crippen LogP contribution in [0.3, 0.4) is 0 Å². The van der Waals surface area contributed by atoms with Crippen molar-refractivity contribution in [3.05, 3.63) is 83.9 Å². The predicted molar refractivity (Wildman–Crippen MR) is 180 cm³/mol. The lowest BCUT2D eigenvalue weighted by Crippen LogP contribution is -2.42. The number of rotatable bonds is 7.